The van der Waals surface area contributed by atoms with Gasteiger partial charge in [-0.05, 0) is 19.3 Å². The van der Waals surface area contributed by atoms with Gasteiger partial charge in [-0.15, -0.1) is 0 Å². The molecule has 0 aromatic heterocycles. The van der Waals surface area contributed by atoms with E-state index in [0.29, 0.717) is 45.4 Å². The molecule has 1 saturated heterocycles. The van der Waals surface area contributed by atoms with Crippen molar-refractivity contribution in [1.29, 1.82) is 0 Å². The van der Waals surface area contributed by atoms with Gasteiger partial charge in [-0.2, -0.15) is 0 Å². The summed E-state index contributed by atoms with van der Waals surface area (Å²) in [7, 11) is -3.35. The Labute approximate surface area is 107 Å². The number of carboxylic acid groups (broad SMARTS) is 1. The average Bonchev–Trinajstić information content (AvgIpc) is 2.75. The van der Waals surface area contributed by atoms with Crippen LogP contribution in [0.3, 0.4) is 0 Å². The lowest BCUT2D eigenvalue weighted by Crippen LogP contribution is -2.65. The molecule has 2 rings (SSSR count). The van der Waals surface area contributed by atoms with E-state index in [0.717, 1.165) is 6.26 Å². The number of aliphatic carboxylic acids is 1. The molecule has 2 unspecified atom stereocenters. The van der Waals surface area contributed by atoms with Crippen molar-refractivity contribution in [3.8, 4) is 0 Å². The predicted molar refractivity (Wildman–Crippen MR) is 67.3 cm³/mol. The molecule has 0 bridgehead atoms. The van der Waals surface area contributed by atoms with Gasteiger partial charge in [0.25, 0.3) is 0 Å². The van der Waals surface area contributed by atoms with Crippen LogP contribution in [0, 0.1) is 0 Å². The monoisotopic (exact) mass is 276 g/mol. The number of hydrogen-bond acceptors (Lipinski definition) is 5. The fraction of sp³-hybridized carbons (Fsp3) is 0.909. The van der Waals surface area contributed by atoms with Gasteiger partial charge in [0.2, 0.25) is 0 Å². The Kier molecular flexibility index (Phi) is 3.66. The van der Waals surface area contributed by atoms with Gasteiger partial charge < -0.3 is 10.4 Å². The molecule has 1 heterocycles. The molecule has 1 aliphatic heterocycles. The van der Waals surface area contributed by atoms with E-state index in [4.69, 9.17) is 0 Å². The highest BCUT2D eigenvalue weighted by Gasteiger charge is 2.57. The average molecular weight is 276 g/mol. The second-order valence-electron chi connectivity index (χ2n) is 5.18. The molecule has 2 fully saturated rings. The molecule has 0 aromatic carbocycles. The lowest BCUT2D eigenvalue weighted by Gasteiger charge is -2.43. The highest BCUT2D eigenvalue weighted by molar-refractivity contribution is 7.91. The minimum absolute atomic E-state index is 0.431. The molecule has 18 heavy (non-hydrogen) atoms. The number of carboxylic acids is 1. The number of piperazine rings is 1. The maximum Gasteiger partial charge on any atom is 0.325 e. The zero-order chi connectivity index (χ0) is 13.4. The summed E-state index contributed by atoms with van der Waals surface area (Å²) in [5, 5.41) is 12.0. The Hall–Kier alpha value is -0.660. The summed E-state index contributed by atoms with van der Waals surface area (Å²) in [6.07, 6.45) is 2.70. The quantitative estimate of drug-likeness (QED) is 0.710. The van der Waals surface area contributed by atoms with Crippen LogP contribution in [0.15, 0.2) is 0 Å². The number of nitrogens with one attached hydrogen (secondary N) is 1. The summed E-state index contributed by atoms with van der Waals surface area (Å²) in [5.74, 6) is -0.989. The Morgan fingerprint density at radius 3 is 2.50 bits per heavy atom. The molecule has 1 saturated carbocycles. The Morgan fingerprint density at radius 1 is 1.39 bits per heavy atom. The second-order valence-corrected chi connectivity index (χ2v) is 7.40. The van der Waals surface area contributed by atoms with Gasteiger partial charge in [-0.3, -0.25) is 9.69 Å². The van der Waals surface area contributed by atoms with E-state index < -0.39 is 26.6 Å². The Balaban J connectivity index is 2.39. The zero-order valence-electron chi connectivity index (χ0n) is 10.6. The fourth-order valence-electron chi connectivity index (χ4n) is 3.33. The van der Waals surface area contributed by atoms with Gasteiger partial charge in [-0.25, -0.2) is 8.42 Å². The van der Waals surface area contributed by atoms with E-state index in [1.54, 1.807) is 0 Å². The molecule has 6 nitrogen and oxygen atoms in total. The van der Waals surface area contributed by atoms with Crippen molar-refractivity contribution in [3.63, 3.8) is 0 Å². The van der Waals surface area contributed by atoms with Gasteiger partial charge in [0, 0.05) is 32.4 Å². The van der Waals surface area contributed by atoms with Crippen molar-refractivity contribution in [2.75, 3.05) is 32.4 Å². The summed E-state index contributed by atoms with van der Waals surface area (Å²) in [6.45, 7) is 2.62. The van der Waals surface area contributed by atoms with Crippen molar-refractivity contribution < 1.29 is 18.3 Å². The molecule has 7 heteroatoms. The third-order valence-electron chi connectivity index (χ3n) is 4.13. The molecule has 1 aliphatic carbocycles. The SMILES string of the molecule is CS(=O)(=O)C1CCCC1(C(=O)O)N1CCNCC1. The third-order valence-corrected chi connectivity index (χ3v) is 5.78. The number of nitrogens with zero attached hydrogens (tertiary/aromatic N) is 1. The summed E-state index contributed by atoms with van der Waals surface area (Å²) < 4.78 is 23.8. The van der Waals surface area contributed by atoms with E-state index in [2.05, 4.69) is 5.32 Å². The summed E-state index contributed by atoms with van der Waals surface area (Å²) >= 11 is 0. The Morgan fingerprint density at radius 2 is 2.00 bits per heavy atom. The maximum absolute atomic E-state index is 11.9. The lowest BCUT2D eigenvalue weighted by atomic mass is 9.94. The first-order valence-corrected chi connectivity index (χ1v) is 8.22. The van der Waals surface area contributed by atoms with Crippen molar-refractivity contribution in [2.24, 2.45) is 0 Å². The van der Waals surface area contributed by atoms with Crippen LogP contribution in [-0.4, -0.2) is 67.6 Å². The first kappa shape index (κ1) is 13.8. The number of sulfone groups is 1. The van der Waals surface area contributed by atoms with Gasteiger partial charge in [0.15, 0.2) is 9.84 Å². The number of rotatable bonds is 3. The van der Waals surface area contributed by atoms with Gasteiger partial charge in [0.05, 0.1) is 5.25 Å². The third kappa shape index (κ3) is 2.15. The molecular formula is C11H20N2O4S. The molecule has 2 N–H and O–H groups in total. The molecule has 0 spiro atoms. The van der Waals surface area contributed by atoms with Crippen LogP contribution in [0.4, 0.5) is 0 Å². The van der Waals surface area contributed by atoms with Crippen LogP contribution in [0.2, 0.25) is 0 Å². The normalized spacial score (nSPS) is 34.6. The van der Waals surface area contributed by atoms with E-state index in [-0.39, 0.29) is 0 Å². The summed E-state index contributed by atoms with van der Waals surface area (Å²) in [6, 6.07) is 0. The minimum atomic E-state index is -3.35. The number of carbonyl (C=O) groups is 1. The zero-order valence-corrected chi connectivity index (χ0v) is 11.4. The first-order valence-electron chi connectivity index (χ1n) is 6.27. The van der Waals surface area contributed by atoms with Crippen LogP contribution >= 0.6 is 0 Å². The smallest absolute Gasteiger partial charge is 0.325 e. The molecule has 2 aliphatic rings. The van der Waals surface area contributed by atoms with Crippen LogP contribution in [0.1, 0.15) is 19.3 Å². The lowest BCUT2D eigenvalue weighted by molar-refractivity contribution is -0.151. The predicted octanol–water partition coefficient (Wildman–Crippen LogP) is -0.688. The molecule has 104 valence electrons. The topological polar surface area (TPSA) is 86.7 Å². The Bertz CT molecular complexity index is 430. The van der Waals surface area contributed by atoms with Crippen LogP contribution < -0.4 is 5.32 Å². The van der Waals surface area contributed by atoms with Crippen LogP contribution in [0.25, 0.3) is 0 Å². The fourth-order valence-corrected chi connectivity index (χ4v) is 5.00. The highest BCUT2D eigenvalue weighted by atomic mass is 32.2. The molecular weight excluding hydrogens is 256 g/mol. The van der Waals surface area contributed by atoms with Gasteiger partial charge in [-0.1, -0.05) is 0 Å². The van der Waals surface area contributed by atoms with Crippen LogP contribution in [-0.2, 0) is 14.6 Å². The van der Waals surface area contributed by atoms with E-state index in [9.17, 15) is 18.3 Å². The van der Waals surface area contributed by atoms with Crippen molar-refractivity contribution in [2.45, 2.75) is 30.1 Å². The van der Waals surface area contributed by atoms with Crippen molar-refractivity contribution >= 4 is 15.8 Å². The number of hydrogen-bond donors (Lipinski definition) is 2. The van der Waals surface area contributed by atoms with E-state index in [1.807, 2.05) is 4.90 Å². The maximum atomic E-state index is 11.9. The van der Waals surface area contributed by atoms with Crippen molar-refractivity contribution in [3.05, 3.63) is 0 Å². The molecule has 0 radical (unpaired) electrons. The molecule has 2 atom stereocenters. The van der Waals surface area contributed by atoms with Gasteiger partial charge >= 0.3 is 5.97 Å². The van der Waals surface area contributed by atoms with Crippen LogP contribution in [0.5, 0.6) is 0 Å². The standard InChI is InChI=1S/C11H20N2O4S/c1-18(16,17)9-3-2-4-11(9,10(14)15)13-7-5-12-6-8-13/h9,12H,2-8H2,1H3,(H,14,15). The van der Waals surface area contributed by atoms with Gasteiger partial charge in [0.1, 0.15) is 5.54 Å². The van der Waals surface area contributed by atoms with Crippen molar-refractivity contribution in [1.82, 2.24) is 10.2 Å². The largest absolute Gasteiger partial charge is 0.480 e. The van der Waals surface area contributed by atoms with E-state index >= 15 is 0 Å². The summed E-state index contributed by atoms with van der Waals surface area (Å²) in [4.78, 5) is 13.6. The summed E-state index contributed by atoms with van der Waals surface area (Å²) in [5.41, 5.74) is -1.21. The molecule has 0 amide bonds. The molecule has 0 aromatic rings. The first-order chi connectivity index (χ1) is 8.39. The highest BCUT2D eigenvalue weighted by Crippen LogP contribution is 2.40. The minimum Gasteiger partial charge on any atom is -0.480 e. The van der Waals surface area contributed by atoms with E-state index in [1.165, 1.54) is 0 Å². The second kappa shape index (κ2) is 4.79.